The van der Waals surface area contributed by atoms with Crippen molar-refractivity contribution in [2.45, 2.75) is 32.4 Å². The molecule has 6 nitrogen and oxygen atoms in total. The van der Waals surface area contributed by atoms with Crippen LogP contribution in [0.25, 0.3) is 0 Å². The summed E-state index contributed by atoms with van der Waals surface area (Å²) in [5.74, 6) is 0.787. The van der Waals surface area contributed by atoms with Crippen molar-refractivity contribution in [3.8, 4) is 0 Å². The van der Waals surface area contributed by atoms with Crippen LogP contribution < -0.4 is 0 Å². The van der Waals surface area contributed by atoms with Crippen LogP contribution in [-0.2, 0) is 21.4 Å². The van der Waals surface area contributed by atoms with Crippen LogP contribution in [-0.4, -0.2) is 73.5 Å². The summed E-state index contributed by atoms with van der Waals surface area (Å²) < 4.78 is 24.7. The topological polar surface area (TPSA) is 60.9 Å². The molecule has 1 aromatic carbocycles. The lowest BCUT2D eigenvalue weighted by atomic mass is 10.1. The molecule has 1 aliphatic heterocycles. The van der Waals surface area contributed by atoms with Crippen LogP contribution in [0.1, 0.15) is 25.3 Å². The van der Waals surface area contributed by atoms with Crippen LogP contribution in [0, 0.1) is 5.92 Å². The van der Waals surface area contributed by atoms with E-state index in [1.807, 2.05) is 18.2 Å². The Hall–Kier alpha value is -1.44. The van der Waals surface area contributed by atoms with Gasteiger partial charge in [0.15, 0.2) is 0 Å². The van der Waals surface area contributed by atoms with Crippen LogP contribution >= 0.6 is 0 Å². The zero-order valence-corrected chi connectivity index (χ0v) is 16.5. The van der Waals surface area contributed by atoms with Crippen molar-refractivity contribution in [1.29, 1.82) is 0 Å². The van der Waals surface area contributed by atoms with Crippen molar-refractivity contribution in [2.24, 2.45) is 5.92 Å². The first kappa shape index (κ1) is 19.3. The molecule has 2 fully saturated rings. The van der Waals surface area contributed by atoms with Gasteiger partial charge in [0.2, 0.25) is 15.9 Å². The predicted molar refractivity (Wildman–Crippen MR) is 102 cm³/mol. The lowest BCUT2D eigenvalue weighted by molar-refractivity contribution is -0.134. The summed E-state index contributed by atoms with van der Waals surface area (Å²) in [4.78, 5) is 16.9. The van der Waals surface area contributed by atoms with Crippen molar-refractivity contribution in [1.82, 2.24) is 14.1 Å². The average Bonchev–Trinajstić information content (AvgIpc) is 3.46. The number of piperazine rings is 1. The van der Waals surface area contributed by atoms with Crippen molar-refractivity contribution < 1.29 is 13.2 Å². The van der Waals surface area contributed by atoms with Crippen LogP contribution in [0.3, 0.4) is 0 Å². The van der Waals surface area contributed by atoms with Crippen LogP contribution in [0.2, 0.25) is 0 Å². The number of rotatable bonds is 7. The summed E-state index contributed by atoms with van der Waals surface area (Å²) >= 11 is 0. The molecule has 1 aromatic rings. The number of sulfonamides is 1. The standard InChI is InChI=1S/C19H29N3O3S/c1-16(18-8-9-18)21(14-17-6-4-3-5-7-17)15-19(23)20-10-12-22(13-11-20)26(2,24)25/h3-7,16,18H,8-15H2,1-2H3/t16-/m0/s1. The fourth-order valence-corrected chi connectivity index (χ4v) is 4.41. The molecule has 0 radical (unpaired) electrons. The van der Waals surface area contributed by atoms with Gasteiger partial charge in [0.25, 0.3) is 0 Å². The molecule has 1 aliphatic carbocycles. The third kappa shape index (κ3) is 5.05. The molecule has 2 aliphatic rings. The minimum Gasteiger partial charge on any atom is -0.339 e. The summed E-state index contributed by atoms with van der Waals surface area (Å²) in [7, 11) is -3.17. The van der Waals surface area contributed by atoms with Gasteiger partial charge in [-0.1, -0.05) is 30.3 Å². The Kier molecular flexibility index (Phi) is 5.99. The Labute approximate surface area is 156 Å². The molecule has 1 saturated carbocycles. The second-order valence-corrected chi connectivity index (χ2v) is 9.49. The van der Waals surface area contributed by atoms with E-state index in [-0.39, 0.29) is 5.91 Å². The molecule has 1 amide bonds. The number of carbonyl (C=O) groups excluding carboxylic acids is 1. The van der Waals surface area contributed by atoms with Crippen molar-refractivity contribution in [2.75, 3.05) is 39.0 Å². The molecule has 0 aromatic heterocycles. The fraction of sp³-hybridized carbons (Fsp3) is 0.632. The largest absolute Gasteiger partial charge is 0.339 e. The van der Waals surface area contributed by atoms with Gasteiger partial charge in [0, 0.05) is 38.8 Å². The van der Waals surface area contributed by atoms with Gasteiger partial charge in [-0.2, -0.15) is 4.31 Å². The van der Waals surface area contributed by atoms with E-state index in [9.17, 15) is 13.2 Å². The molecule has 26 heavy (non-hydrogen) atoms. The summed E-state index contributed by atoms with van der Waals surface area (Å²) in [6.07, 6.45) is 3.71. The van der Waals surface area contributed by atoms with E-state index in [1.54, 1.807) is 4.90 Å². The van der Waals surface area contributed by atoms with Gasteiger partial charge < -0.3 is 4.90 Å². The number of amides is 1. The normalized spacial score (nSPS) is 20.3. The SMILES string of the molecule is C[C@@H](C1CC1)N(CC(=O)N1CCN(S(C)(=O)=O)CC1)Cc1ccccc1. The molecule has 7 heteroatoms. The van der Waals surface area contributed by atoms with E-state index >= 15 is 0 Å². The third-order valence-electron chi connectivity index (χ3n) is 5.51. The smallest absolute Gasteiger partial charge is 0.236 e. The highest BCUT2D eigenvalue weighted by atomic mass is 32.2. The van der Waals surface area contributed by atoms with Gasteiger partial charge in [-0.15, -0.1) is 0 Å². The molecule has 0 N–H and O–H groups in total. The van der Waals surface area contributed by atoms with E-state index in [0.717, 1.165) is 6.54 Å². The number of hydrogen-bond donors (Lipinski definition) is 0. The summed E-state index contributed by atoms with van der Waals surface area (Å²) in [5.41, 5.74) is 1.22. The quantitative estimate of drug-likeness (QED) is 0.718. The molecule has 1 saturated heterocycles. The average molecular weight is 380 g/mol. The van der Waals surface area contributed by atoms with Gasteiger partial charge in [-0.3, -0.25) is 9.69 Å². The second kappa shape index (κ2) is 8.06. The minimum atomic E-state index is -3.17. The maximum Gasteiger partial charge on any atom is 0.236 e. The molecular formula is C19H29N3O3S. The lowest BCUT2D eigenvalue weighted by Gasteiger charge is -2.36. The summed E-state index contributed by atoms with van der Waals surface area (Å²) in [5, 5.41) is 0. The van der Waals surface area contributed by atoms with E-state index < -0.39 is 10.0 Å². The predicted octanol–water partition coefficient (Wildman–Crippen LogP) is 1.39. The van der Waals surface area contributed by atoms with Gasteiger partial charge in [0.05, 0.1) is 12.8 Å². The Bertz CT molecular complexity index is 711. The van der Waals surface area contributed by atoms with E-state index in [1.165, 1.54) is 29.0 Å². The van der Waals surface area contributed by atoms with Gasteiger partial charge in [-0.25, -0.2) is 8.42 Å². The number of carbonyl (C=O) groups is 1. The summed E-state index contributed by atoms with van der Waals surface area (Å²) in [6.45, 7) is 5.11. The lowest BCUT2D eigenvalue weighted by Crippen LogP contribution is -2.53. The van der Waals surface area contributed by atoms with Crippen LogP contribution in [0.15, 0.2) is 30.3 Å². The minimum absolute atomic E-state index is 0.0987. The maximum absolute atomic E-state index is 12.8. The highest BCUT2D eigenvalue weighted by Crippen LogP contribution is 2.35. The molecule has 0 bridgehead atoms. The molecule has 1 atom stereocenters. The summed E-state index contributed by atoms with van der Waals surface area (Å²) in [6, 6.07) is 10.6. The number of hydrogen-bond acceptors (Lipinski definition) is 4. The van der Waals surface area contributed by atoms with Crippen molar-refractivity contribution >= 4 is 15.9 Å². The van der Waals surface area contributed by atoms with Crippen LogP contribution in [0.5, 0.6) is 0 Å². The third-order valence-corrected chi connectivity index (χ3v) is 6.81. The van der Waals surface area contributed by atoms with Crippen LogP contribution in [0.4, 0.5) is 0 Å². The highest BCUT2D eigenvalue weighted by Gasteiger charge is 2.34. The fourth-order valence-electron chi connectivity index (χ4n) is 3.58. The molecule has 1 heterocycles. The zero-order chi connectivity index (χ0) is 18.7. The van der Waals surface area contributed by atoms with E-state index in [0.29, 0.717) is 44.7 Å². The molecule has 144 valence electrons. The Morgan fingerprint density at radius 3 is 2.31 bits per heavy atom. The van der Waals surface area contributed by atoms with Crippen molar-refractivity contribution in [3.05, 3.63) is 35.9 Å². The first-order valence-electron chi connectivity index (χ1n) is 9.35. The van der Waals surface area contributed by atoms with Gasteiger partial charge >= 0.3 is 0 Å². The first-order valence-corrected chi connectivity index (χ1v) is 11.2. The Morgan fingerprint density at radius 2 is 1.77 bits per heavy atom. The Balaban J connectivity index is 1.60. The van der Waals surface area contributed by atoms with E-state index in [2.05, 4.69) is 24.0 Å². The van der Waals surface area contributed by atoms with Gasteiger partial charge in [0.1, 0.15) is 0 Å². The first-order chi connectivity index (χ1) is 12.3. The number of benzene rings is 1. The molecular weight excluding hydrogens is 350 g/mol. The zero-order valence-electron chi connectivity index (χ0n) is 15.7. The van der Waals surface area contributed by atoms with Crippen molar-refractivity contribution in [3.63, 3.8) is 0 Å². The molecule has 0 unspecified atom stereocenters. The maximum atomic E-state index is 12.8. The highest BCUT2D eigenvalue weighted by molar-refractivity contribution is 7.88. The monoisotopic (exact) mass is 379 g/mol. The van der Waals surface area contributed by atoms with E-state index in [4.69, 9.17) is 0 Å². The Morgan fingerprint density at radius 1 is 1.15 bits per heavy atom. The second-order valence-electron chi connectivity index (χ2n) is 7.51. The molecule has 0 spiro atoms. The van der Waals surface area contributed by atoms with Gasteiger partial charge in [-0.05, 0) is 31.2 Å². The number of nitrogens with zero attached hydrogens (tertiary/aromatic N) is 3. The molecule has 3 rings (SSSR count).